The first-order valence-electron chi connectivity index (χ1n) is 12.8. The van der Waals surface area contributed by atoms with E-state index in [4.69, 9.17) is 9.26 Å². The summed E-state index contributed by atoms with van der Waals surface area (Å²) < 4.78 is 40.6. The van der Waals surface area contributed by atoms with Crippen LogP contribution in [0.4, 0.5) is 4.39 Å². The maximum Gasteiger partial charge on any atom is 0.229 e. The quantitative estimate of drug-likeness (QED) is 0.264. The van der Waals surface area contributed by atoms with Crippen LogP contribution in [0.5, 0.6) is 0 Å². The van der Waals surface area contributed by atoms with Crippen LogP contribution < -0.4 is 5.30 Å². The van der Waals surface area contributed by atoms with E-state index < -0.39 is 7.37 Å². The fourth-order valence-electron chi connectivity index (χ4n) is 5.66. The predicted molar refractivity (Wildman–Crippen MR) is 148 cm³/mol. The van der Waals surface area contributed by atoms with Crippen molar-refractivity contribution in [1.29, 1.82) is 0 Å². The topological polar surface area (TPSA) is 52.8 Å². The SMILES string of the molecule is CCOP(C)(=O)c1ccc(-c2c(C3CCOCC3)n(-c3ccc(F)cc3)c3cc4c(cc23)CN=C4)cc1. The van der Waals surface area contributed by atoms with Crippen LogP contribution >= 0.6 is 7.37 Å². The summed E-state index contributed by atoms with van der Waals surface area (Å²) in [5.74, 6) is 0.0278. The molecule has 37 heavy (non-hydrogen) atoms. The zero-order valence-corrected chi connectivity index (χ0v) is 22.0. The van der Waals surface area contributed by atoms with Crippen molar-refractivity contribution in [1.82, 2.24) is 4.57 Å². The number of ether oxygens (including phenoxy) is 1. The fourth-order valence-corrected chi connectivity index (χ4v) is 7.00. The number of fused-ring (bicyclic) bond motifs is 2. The molecule has 1 fully saturated rings. The third-order valence-electron chi connectivity index (χ3n) is 7.45. The Labute approximate surface area is 216 Å². The highest BCUT2D eigenvalue weighted by atomic mass is 31.2. The summed E-state index contributed by atoms with van der Waals surface area (Å²) in [5.41, 5.74) is 7.77. The number of hydrogen-bond donors (Lipinski definition) is 0. The molecule has 2 aliphatic rings. The summed E-state index contributed by atoms with van der Waals surface area (Å²) in [7, 11) is -2.87. The highest BCUT2D eigenvalue weighted by molar-refractivity contribution is 7.66. The van der Waals surface area contributed by atoms with E-state index in [9.17, 15) is 8.96 Å². The third-order valence-corrected chi connectivity index (χ3v) is 9.44. The summed E-state index contributed by atoms with van der Waals surface area (Å²) in [6.07, 6.45) is 3.77. The van der Waals surface area contributed by atoms with Gasteiger partial charge in [0.1, 0.15) is 5.82 Å². The number of nitrogens with zero attached hydrogens (tertiary/aromatic N) is 2. The zero-order valence-electron chi connectivity index (χ0n) is 21.1. The van der Waals surface area contributed by atoms with Gasteiger partial charge in [0.25, 0.3) is 0 Å². The monoisotopic (exact) mass is 516 g/mol. The van der Waals surface area contributed by atoms with Crippen molar-refractivity contribution < 1.29 is 18.2 Å². The second kappa shape index (κ2) is 9.68. The molecule has 3 heterocycles. The minimum Gasteiger partial charge on any atom is -0.381 e. The molecular weight excluding hydrogens is 486 g/mol. The Morgan fingerprint density at radius 2 is 1.81 bits per heavy atom. The van der Waals surface area contributed by atoms with Crippen molar-refractivity contribution in [3.8, 4) is 16.8 Å². The van der Waals surface area contributed by atoms with Crippen LogP contribution in [-0.4, -0.2) is 37.3 Å². The average Bonchev–Trinajstić information content (AvgIpc) is 3.50. The van der Waals surface area contributed by atoms with Crippen molar-refractivity contribution in [2.45, 2.75) is 32.2 Å². The fraction of sp³-hybridized carbons (Fsp3) is 0.300. The first kappa shape index (κ1) is 24.3. The van der Waals surface area contributed by atoms with Crippen molar-refractivity contribution in [3.63, 3.8) is 0 Å². The summed E-state index contributed by atoms with van der Waals surface area (Å²) in [6.45, 7) is 6.03. The third kappa shape index (κ3) is 4.37. The van der Waals surface area contributed by atoms with Crippen molar-refractivity contribution >= 4 is 29.8 Å². The second-order valence-corrected chi connectivity index (χ2v) is 12.3. The van der Waals surface area contributed by atoms with Gasteiger partial charge in [0.05, 0.1) is 18.7 Å². The maximum atomic E-state index is 13.9. The van der Waals surface area contributed by atoms with Crippen LogP contribution in [0.25, 0.3) is 27.7 Å². The van der Waals surface area contributed by atoms with E-state index in [1.807, 2.05) is 37.4 Å². The molecule has 0 aliphatic carbocycles. The molecule has 190 valence electrons. The van der Waals surface area contributed by atoms with Crippen LogP contribution in [0.3, 0.4) is 0 Å². The Morgan fingerprint density at radius 3 is 2.51 bits per heavy atom. The number of aromatic nitrogens is 1. The van der Waals surface area contributed by atoms with Crippen LogP contribution in [0.15, 0.2) is 65.7 Å². The normalized spacial score (nSPS) is 17.3. The van der Waals surface area contributed by atoms with Gasteiger partial charge in [-0.25, -0.2) is 4.39 Å². The number of hydrogen-bond acceptors (Lipinski definition) is 4. The van der Waals surface area contributed by atoms with Crippen LogP contribution in [0, 0.1) is 5.82 Å². The van der Waals surface area contributed by atoms with Gasteiger partial charge in [0.15, 0.2) is 0 Å². The molecule has 3 aromatic carbocycles. The van der Waals surface area contributed by atoms with Crippen molar-refractivity contribution in [2.75, 3.05) is 26.5 Å². The lowest BCUT2D eigenvalue weighted by molar-refractivity contribution is 0.0843. The highest BCUT2D eigenvalue weighted by Gasteiger charge is 2.29. The largest absolute Gasteiger partial charge is 0.381 e. The van der Waals surface area contributed by atoms with Gasteiger partial charge in [-0.1, -0.05) is 12.1 Å². The second-order valence-electron chi connectivity index (χ2n) is 9.81. The molecule has 0 bridgehead atoms. The predicted octanol–water partition coefficient (Wildman–Crippen LogP) is 6.83. The molecule has 2 aliphatic heterocycles. The molecule has 7 heteroatoms. The molecule has 1 saturated heterocycles. The maximum absolute atomic E-state index is 13.9. The van der Waals surface area contributed by atoms with Crippen LogP contribution in [0.2, 0.25) is 0 Å². The Morgan fingerprint density at radius 1 is 1.08 bits per heavy atom. The summed E-state index contributed by atoms with van der Waals surface area (Å²) in [6, 6.07) is 19.2. The Bertz CT molecular complexity index is 1530. The molecule has 1 unspecified atom stereocenters. The molecule has 0 N–H and O–H groups in total. The van der Waals surface area contributed by atoms with Gasteiger partial charge >= 0.3 is 0 Å². The van der Waals surface area contributed by atoms with Gasteiger partial charge in [-0.15, -0.1) is 0 Å². The molecule has 4 aromatic rings. The van der Waals surface area contributed by atoms with Crippen LogP contribution in [0.1, 0.15) is 42.5 Å². The van der Waals surface area contributed by atoms with Gasteiger partial charge in [0, 0.05) is 59.6 Å². The molecular formula is C30H30FN2O3P. The Balaban J connectivity index is 1.63. The van der Waals surface area contributed by atoms with Gasteiger partial charge in [0.2, 0.25) is 7.37 Å². The van der Waals surface area contributed by atoms with E-state index in [0.717, 1.165) is 46.1 Å². The van der Waals surface area contributed by atoms with Crippen molar-refractivity contribution in [2.24, 2.45) is 4.99 Å². The highest BCUT2D eigenvalue weighted by Crippen LogP contribution is 2.46. The van der Waals surface area contributed by atoms with Crippen molar-refractivity contribution in [3.05, 3.63) is 83.3 Å². The van der Waals surface area contributed by atoms with Gasteiger partial charge < -0.3 is 13.8 Å². The van der Waals surface area contributed by atoms with Gasteiger partial charge in [-0.2, -0.15) is 0 Å². The van der Waals surface area contributed by atoms with E-state index in [2.05, 4.69) is 33.8 Å². The minimum atomic E-state index is -2.87. The lowest BCUT2D eigenvalue weighted by Gasteiger charge is -2.26. The number of benzene rings is 3. The molecule has 0 amide bonds. The summed E-state index contributed by atoms with van der Waals surface area (Å²) in [5, 5.41) is 1.86. The van der Waals surface area contributed by atoms with E-state index in [1.165, 1.54) is 23.4 Å². The molecule has 0 radical (unpaired) electrons. The number of aliphatic imine (C=N–C) groups is 1. The Hall–Kier alpha value is -3.05. The molecule has 1 atom stereocenters. The smallest absolute Gasteiger partial charge is 0.229 e. The lowest BCUT2D eigenvalue weighted by atomic mass is 9.89. The molecule has 0 spiro atoms. The standard InChI is InChI=1S/C30H30FN2O3P/c1-3-36-37(2,34)26-10-4-20(5-11-26)29-27-16-22-18-32-19-23(22)17-28(27)33(25-8-6-24(31)7-9-25)30(29)21-12-14-35-15-13-21/h4-11,16-17,19,21H,3,12-15,18H2,1-2H3. The van der Waals surface area contributed by atoms with E-state index >= 15 is 0 Å². The lowest BCUT2D eigenvalue weighted by Crippen LogP contribution is -2.17. The molecule has 0 saturated carbocycles. The average molecular weight is 517 g/mol. The summed E-state index contributed by atoms with van der Waals surface area (Å²) in [4.78, 5) is 4.49. The first-order chi connectivity index (χ1) is 18.0. The number of rotatable bonds is 6. The van der Waals surface area contributed by atoms with Gasteiger partial charge in [-0.05, 0) is 85.0 Å². The van der Waals surface area contributed by atoms with E-state index in [0.29, 0.717) is 31.7 Å². The Kier molecular flexibility index (Phi) is 6.36. The molecule has 1 aromatic heterocycles. The first-order valence-corrected chi connectivity index (χ1v) is 14.9. The molecule has 5 nitrogen and oxygen atoms in total. The summed E-state index contributed by atoms with van der Waals surface area (Å²) >= 11 is 0. The van der Waals surface area contributed by atoms with E-state index in [-0.39, 0.29) is 11.7 Å². The van der Waals surface area contributed by atoms with Gasteiger partial charge in [-0.3, -0.25) is 9.56 Å². The molecule has 6 rings (SSSR count). The zero-order chi connectivity index (χ0) is 25.6. The van der Waals surface area contributed by atoms with E-state index in [1.54, 1.807) is 6.66 Å². The minimum absolute atomic E-state index is 0.255. The van der Waals surface area contributed by atoms with Crippen LogP contribution in [-0.2, 0) is 20.4 Å². The number of halogens is 1.